The summed E-state index contributed by atoms with van der Waals surface area (Å²) >= 11 is 0. The van der Waals surface area contributed by atoms with E-state index in [0.717, 1.165) is 12.1 Å². The maximum Gasteiger partial charge on any atom is 0.140 e. The summed E-state index contributed by atoms with van der Waals surface area (Å²) in [5.74, 6) is 0. The van der Waals surface area contributed by atoms with E-state index in [1.807, 2.05) is 12.1 Å². The molecular weight excluding hydrogens is 234 g/mol. The molecule has 1 aromatic carbocycles. The van der Waals surface area contributed by atoms with Crippen molar-refractivity contribution in [3.63, 3.8) is 0 Å². The lowest BCUT2D eigenvalue weighted by Crippen LogP contribution is -2.18. The van der Waals surface area contributed by atoms with E-state index in [1.165, 1.54) is 11.1 Å². The van der Waals surface area contributed by atoms with Crippen molar-refractivity contribution in [2.45, 2.75) is 26.4 Å². The molecule has 0 amide bonds. The predicted octanol–water partition coefficient (Wildman–Crippen LogP) is 3.11. The highest BCUT2D eigenvalue weighted by atomic mass is 14.9. The van der Waals surface area contributed by atoms with E-state index in [2.05, 4.69) is 54.5 Å². The first kappa shape index (κ1) is 13.3. The molecule has 0 aliphatic carbocycles. The van der Waals surface area contributed by atoms with Gasteiger partial charge in [-0.3, -0.25) is 0 Å². The highest BCUT2D eigenvalue weighted by Gasteiger charge is 2.04. The number of benzene rings is 1. The van der Waals surface area contributed by atoms with Gasteiger partial charge in [-0.05, 0) is 37.1 Å². The Balaban J connectivity index is 1.98. The molecule has 0 aliphatic heterocycles. The minimum Gasteiger partial charge on any atom is -0.306 e. The molecule has 3 nitrogen and oxygen atoms in total. The minimum atomic E-state index is 0.277. The third-order valence-corrected chi connectivity index (χ3v) is 3.13. The highest BCUT2D eigenvalue weighted by Crippen LogP contribution is 2.14. The van der Waals surface area contributed by atoms with E-state index in [-0.39, 0.29) is 6.04 Å². The first-order chi connectivity index (χ1) is 9.19. The van der Waals surface area contributed by atoms with E-state index in [4.69, 9.17) is 5.26 Å². The van der Waals surface area contributed by atoms with Crippen LogP contribution in [0.15, 0.2) is 42.6 Å². The van der Waals surface area contributed by atoms with Gasteiger partial charge >= 0.3 is 0 Å². The Morgan fingerprint density at radius 2 is 2.00 bits per heavy atom. The van der Waals surface area contributed by atoms with Crippen molar-refractivity contribution in [3.8, 4) is 6.07 Å². The summed E-state index contributed by atoms with van der Waals surface area (Å²) in [5, 5.41) is 12.3. The monoisotopic (exact) mass is 251 g/mol. The van der Waals surface area contributed by atoms with Gasteiger partial charge in [0, 0.05) is 18.8 Å². The average molecular weight is 251 g/mol. The Labute approximate surface area is 113 Å². The van der Waals surface area contributed by atoms with Crippen molar-refractivity contribution in [1.82, 2.24) is 10.3 Å². The maximum absolute atomic E-state index is 8.81. The quantitative estimate of drug-likeness (QED) is 0.908. The smallest absolute Gasteiger partial charge is 0.140 e. The zero-order chi connectivity index (χ0) is 13.7. The zero-order valence-electron chi connectivity index (χ0n) is 11.2. The summed E-state index contributed by atoms with van der Waals surface area (Å²) in [6.07, 6.45) is 1.67. The summed E-state index contributed by atoms with van der Waals surface area (Å²) in [4.78, 5) is 3.96. The van der Waals surface area contributed by atoms with E-state index >= 15 is 0 Å². The summed E-state index contributed by atoms with van der Waals surface area (Å²) in [6.45, 7) is 4.95. The number of nitriles is 1. The molecule has 3 heteroatoms. The molecule has 0 saturated carbocycles. The summed E-state index contributed by atoms with van der Waals surface area (Å²) in [6, 6.07) is 14.6. The number of aryl methyl sites for hydroxylation is 1. The number of nitrogens with one attached hydrogen (secondary N) is 1. The zero-order valence-corrected chi connectivity index (χ0v) is 11.2. The molecule has 19 heavy (non-hydrogen) atoms. The van der Waals surface area contributed by atoms with Crippen LogP contribution in [0, 0.1) is 18.3 Å². The Kier molecular flexibility index (Phi) is 4.27. The molecule has 96 valence electrons. The summed E-state index contributed by atoms with van der Waals surface area (Å²) in [7, 11) is 0. The van der Waals surface area contributed by atoms with Crippen molar-refractivity contribution in [1.29, 1.82) is 5.26 Å². The predicted molar refractivity (Wildman–Crippen MR) is 75.4 cm³/mol. The third-order valence-electron chi connectivity index (χ3n) is 3.13. The second-order valence-electron chi connectivity index (χ2n) is 4.67. The molecule has 1 atom stereocenters. The van der Waals surface area contributed by atoms with Gasteiger partial charge in [0.1, 0.15) is 11.8 Å². The molecule has 2 aromatic rings. The van der Waals surface area contributed by atoms with Gasteiger partial charge in [-0.15, -0.1) is 0 Å². The fraction of sp³-hybridized carbons (Fsp3) is 0.250. The molecule has 0 spiro atoms. The van der Waals surface area contributed by atoms with Crippen LogP contribution in [0.25, 0.3) is 0 Å². The van der Waals surface area contributed by atoms with Gasteiger partial charge in [-0.2, -0.15) is 5.26 Å². The average Bonchev–Trinajstić information content (AvgIpc) is 2.46. The van der Waals surface area contributed by atoms with Crippen molar-refractivity contribution >= 4 is 0 Å². The van der Waals surface area contributed by atoms with Crippen LogP contribution in [0.5, 0.6) is 0 Å². The second kappa shape index (κ2) is 6.12. The van der Waals surface area contributed by atoms with E-state index in [9.17, 15) is 0 Å². The Hall–Kier alpha value is -2.18. The fourth-order valence-electron chi connectivity index (χ4n) is 1.89. The number of hydrogen-bond donors (Lipinski definition) is 1. The first-order valence-corrected chi connectivity index (χ1v) is 6.34. The largest absolute Gasteiger partial charge is 0.306 e. The van der Waals surface area contributed by atoms with Gasteiger partial charge in [0.15, 0.2) is 0 Å². The molecule has 0 bridgehead atoms. The summed E-state index contributed by atoms with van der Waals surface area (Å²) in [5.41, 5.74) is 4.07. The van der Waals surface area contributed by atoms with Gasteiger partial charge in [0.2, 0.25) is 0 Å². The van der Waals surface area contributed by atoms with Crippen LogP contribution in [0.2, 0.25) is 0 Å². The molecule has 0 aliphatic rings. The van der Waals surface area contributed by atoms with E-state index in [0.29, 0.717) is 5.69 Å². The van der Waals surface area contributed by atoms with Gasteiger partial charge in [0.05, 0.1) is 0 Å². The van der Waals surface area contributed by atoms with Crippen molar-refractivity contribution in [2.75, 3.05) is 0 Å². The lowest BCUT2D eigenvalue weighted by atomic mass is 10.1. The van der Waals surface area contributed by atoms with Gasteiger partial charge < -0.3 is 5.32 Å². The molecule has 1 heterocycles. The van der Waals surface area contributed by atoms with E-state index in [1.54, 1.807) is 6.20 Å². The van der Waals surface area contributed by atoms with Gasteiger partial charge in [-0.25, -0.2) is 4.98 Å². The van der Waals surface area contributed by atoms with Crippen LogP contribution in [-0.4, -0.2) is 4.98 Å². The number of pyridine rings is 1. The molecule has 1 aromatic heterocycles. The molecule has 0 fully saturated rings. The van der Waals surface area contributed by atoms with Crippen molar-refractivity contribution < 1.29 is 0 Å². The maximum atomic E-state index is 8.81. The summed E-state index contributed by atoms with van der Waals surface area (Å²) < 4.78 is 0. The normalized spacial score (nSPS) is 11.8. The van der Waals surface area contributed by atoms with Crippen LogP contribution < -0.4 is 5.32 Å². The van der Waals surface area contributed by atoms with Crippen LogP contribution in [0.3, 0.4) is 0 Å². The lowest BCUT2D eigenvalue weighted by molar-refractivity contribution is 0.574. The fourth-order valence-corrected chi connectivity index (χ4v) is 1.89. The molecule has 1 unspecified atom stereocenters. The Morgan fingerprint density at radius 1 is 1.26 bits per heavy atom. The number of rotatable bonds is 4. The highest BCUT2D eigenvalue weighted by molar-refractivity contribution is 5.26. The van der Waals surface area contributed by atoms with Crippen LogP contribution >= 0.6 is 0 Å². The Morgan fingerprint density at radius 3 is 2.68 bits per heavy atom. The molecule has 0 radical (unpaired) electrons. The SMILES string of the molecule is Cc1ccc(C(C)NCc2ccnc(C#N)c2)cc1. The molecule has 0 saturated heterocycles. The Bertz CT molecular complexity index is 582. The van der Waals surface area contributed by atoms with Crippen molar-refractivity contribution in [3.05, 3.63) is 65.0 Å². The number of nitrogens with zero attached hydrogens (tertiary/aromatic N) is 2. The minimum absolute atomic E-state index is 0.277. The van der Waals surface area contributed by atoms with Crippen molar-refractivity contribution in [2.24, 2.45) is 0 Å². The van der Waals surface area contributed by atoms with Crippen LogP contribution in [0.4, 0.5) is 0 Å². The van der Waals surface area contributed by atoms with Crippen LogP contribution in [0.1, 0.15) is 35.3 Å². The molecule has 1 N–H and O–H groups in total. The van der Waals surface area contributed by atoms with Gasteiger partial charge in [-0.1, -0.05) is 29.8 Å². The second-order valence-corrected chi connectivity index (χ2v) is 4.67. The lowest BCUT2D eigenvalue weighted by Gasteiger charge is -2.14. The number of hydrogen-bond acceptors (Lipinski definition) is 3. The topological polar surface area (TPSA) is 48.7 Å². The number of aromatic nitrogens is 1. The van der Waals surface area contributed by atoms with Gasteiger partial charge in [0.25, 0.3) is 0 Å². The standard InChI is InChI=1S/C16H17N3/c1-12-3-5-15(6-4-12)13(2)19-11-14-7-8-18-16(9-14)10-17/h3-9,13,19H,11H2,1-2H3. The van der Waals surface area contributed by atoms with Crippen LogP contribution in [-0.2, 0) is 6.54 Å². The molecule has 2 rings (SSSR count). The molecular formula is C16H17N3. The first-order valence-electron chi connectivity index (χ1n) is 6.34. The third kappa shape index (κ3) is 3.64. The van der Waals surface area contributed by atoms with E-state index < -0.39 is 0 Å².